The second-order valence-electron chi connectivity index (χ2n) is 3.83. The van der Waals surface area contributed by atoms with Crippen LogP contribution in [0, 0.1) is 0 Å². The van der Waals surface area contributed by atoms with Crippen molar-refractivity contribution in [2.75, 3.05) is 47.1 Å². The molecule has 0 N–H and O–H groups in total. The Morgan fingerprint density at radius 1 is 1.00 bits per heavy atom. The summed E-state index contributed by atoms with van der Waals surface area (Å²) in [5, 5.41) is 0. The highest BCUT2D eigenvalue weighted by Gasteiger charge is 2.14. The third kappa shape index (κ3) is 8.95. The molecular weight excluding hydrogens is 238 g/mol. The first kappa shape index (κ1) is 16.9. The molecule has 6 nitrogen and oxygen atoms in total. The topological polar surface area (TPSA) is 65.1 Å². The van der Waals surface area contributed by atoms with Crippen LogP contribution in [-0.4, -0.2) is 63.9 Å². The molecule has 0 amide bonds. The molecule has 0 saturated carbocycles. The third-order valence-corrected chi connectivity index (χ3v) is 2.35. The first-order valence-electron chi connectivity index (χ1n) is 6.07. The molecule has 18 heavy (non-hydrogen) atoms. The Kier molecular flexibility index (Phi) is 10.3. The Morgan fingerprint density at radius 2 is 1.56 bits per heavy atom. The van der Waals surface area contributed by atoms with E-state index >= 15 is 0 Å². The number of carbonyl (C=O) groups is 2. The molecule has 0 spiro atoms. The van der Waals surface area contributed by atoms with Gasteiger partial charge in [0, 0.05) is 13.2 Å². The van der Waals surface area contributed by atoms with E-state index in [1.807, 2.05) is 0 Å². The molecule has 0 bridgehead atoms. The molecule has 0 heterocycles. The quantitative estimate of drug-likeness (QED) is 0.420. The van der Waals surface area contributed by atoms with Crippen molar-refractivity contribution in [2.45, 2.75) is 19.8 Å². The lowest BCUT2D eigenvalue weighted by atomic mass is 10.4. The van der Waals surface area contributed by atoms with Crippen molar-refractivity contribution >= 4 is 11.9 Å². The zero-order valence-electron chi connectivity index (χ0n) is 11.4. The van der Waals surface area contributed by atoms with Crippen LogP contribution in [0.4, 0.5) is 0 Å². The summed E-state index contributed by atoms with van der Waals surface area (Å²) >= 11 is 0. The van der Waals surface area contributed by atoms with Gasteiger partial charge in [0.25, 0.3) is 0 Å². The summed E-state index contributed by atoms with van der Waals surface area (Å²) in [5.41, 5.74) is 0. The second-order valence-corrected chi connectivity index (χ2v) is 3.83. The smallest absolute Gasteiger partial charge is 0.319 e. The molecule has 0 aliphatic heterocycles. The largest absolute Gasteiger partial charge is 0.468 e. The van der Waals surface area contributed by atoms with E-state index in [2.05, 4.69) is 16.4 Å². The average molecular weight is 261 g/mol. The summed E-state index contributed by atoms with van der Waals surface area (Å²) in [6.07, 6.45) is 2.09. The molecule has 0 rings (SSSR count). The maximum Gasteiger partial charge on any atom is 0.319 e. The zero-order valence-corrected chi connectivity index (χ0v) is 11.4. The number of unbranched alkanes of at least 4 members (excludes halogenated alkanes) is 1. The van der Waals surface area contributed by atoms with Crippen LogP contribution in [-0.2, 0) is 23.8 Å². The number of esters is 2. The van der Waals surface area contributed by atoms with E-state index in [0.717, 1.165) is 12.8 Å². The Labute approximate surface area is 108 Å². The van der Waals surface area contributed by atoms with Crippen molar-refractivity contribution < 1.29 is 23.8 Å². The van der Waals surface area contributed by atoms with E-state index in [-0.39, 0.29) is 25.0 Å². The first-order chi connectivity index (χ1) is 8.63. The van der Waals surface area contributed by atoms with Crippen LogP contribution in [0.15, 0.2) is 0 Å². The van der Waals surface area contributed by atoms with Gasteiger partial charge in [0.2, 0.25) is 0 Å². The summed E-state index contributed by atoms with van der Waals surface area (Å²) in [7, 11) is 2.63. The van der Waals surface area contributed by atoms with Gasteiger partial charge in [0.15, 0.2) is 0 Å². The summed E-state index contributed by atoms with van der Waals surface area (Å²) < 4.78 is 14.5. The van der Waals surface area contributed by atoms with Gasteiger partial charge in [-0.15, -0.1) is 0 Å². The number of ether oxygens (including phenoxy) is 3. The van der Waals surface area contributed by atoms with Crippen LogP contribution < -0.4 is 0 Å². The van der Waals surface area contributed by atoms with E-state index in [0.29, 0.717) is 19.8 Å². The SMILES string of the molecule is CCCCOCCN(CC(=O)OC)CC(=O)OC. The van der Waals surface area contributed by atoms with Crippen LogP contribution >= 0.6 is 0 Å². The molecule has 0 radical (unpaired) electrons. The maximum absolute atomic E-state index is 11.2. The Hall–Kier alpha value is -1.14. The lowest BCUT2D eigenvalue weighted by Gasteiger charge is -2.19. The van der Waals surface area contributed by atoms with Crippen molar-refractivity contribution in [1.29, 1.82) is 0 Å². The molecule has 0 saturated heterocycles. The maximum atomic E-state index is 11.2. The van der Waals surface area contributed by atoms with Gasteiger partial charge < -0.3 is 14.2 Å². The van der Waals surface area contributed by atoms with Crippen molar-refractivity contribution in [3.05, 3.63) is 0 Å². The number of methoxy groups -OCH3 is 2. The summed E-state index contributed by atoms with van der Waals surface area (Å²) in [5.74, 6) is -0.764. The molecule has 0 aliphatic rings. The minimum atomic E-state index is -0.382. The highest BCUT2D eigenvalue weighted by Crippen LogP contribution is 1.94. The standard InChI is InChI=1S/C12H23NO5/c1-4-5-7-18-8-6-13(9-11(14)16-2)10-12(15)17-3/h4-10H2,1-3H3. The minimum Gasteiger partial charge on any atom is -0.468 e. The fraction of sp³-hybridized carbons (Fsp3) is 0.833. The third-order valence-electron chi connectivity index (χ3n) is 2.35. The average Bonchev–Trinajstić information content (AvgIpc) is 2.37. The van der Waals surface area contributed by atoms with Gasteiger partial charge in [0.1, 0.15) is 0 Å². The molecular formula is C12H23NO5. The van der Waals surface area contributed by atoms with Crippen molar-refractivity contribution in [3.8, 4) is 0 Å². The molecule has 6 heteroatoms. The van der Waals surface area contributed by atoms with Gasteiger partial charge in [0.05, 0.1) is 33.9 Å². The number of hydrogen-bond donors (Lipinski definition) is 0. The number of nitrogens with zero attached hydrogens (tertiary/aromatic N) is 1. The van der Waals surface area contributed by atoms with Crippen molar-refractivity contribution in [3.63, 3.8) is 0 Å². The molecule has 0 aliphatic carbocycles. The fourth-order valence-corrected chi connectivity index (χ4v) is 1.25. The lowest BCUT2D eigenvalue weighted by Crippen LogP contribution is -2.37. The zero-order chi connectivity index (χ0) is 13.8. The fourth-order valence-electron chi connectivity index (χ4n) is 1.25. The van der Waals surface area contributed by atoms with Crippen LogP contribution in [0.5, 0.6) is 0 Å². The molecule has 0 aromatic heterocycles. The molecule has 0 fully saturated rings. The van der Waals surface area contributed by atoms with E-state index in [9.17, 15) is 9.59 Å². The molecule has 106 valence electrons. The van der Waals surface area contributed by atoms with Crippen molar-refractivity contribution in [1.82, 2.24) is 4.90 Å². The van der Waals surface area contributed by atoms with Crippen LogP contribution in [0.1, 0.15) is 19.8 Å². The van der Waals surface area contributed by atoms with E-state index in [1.54, 1.807) is 4.90 Å². The molecule has 0 unspecified atom stereocenters. The summed E-state index contributed by atoms with van der Waals surface area (Å²) in [4.78, 5) is 24.0. The monoisotopic (exact) mass is 261 g/mol. The molecule has 0 aromatic rings. The minimum absolute atomic E-state index is 0.0583. The highest BCUT2D eigenvalue weighted by atomic mass is 16.5. The predicted octanol–water partition coefficient (Wildman–Crippen LogP) is 0.451. The van der Waals surface area contributed by atoms with E-state index in [4.69, 9.17) is 4.74 Å². The summed E-state index contributed by atoms with van der Waals surface area (Å²) in [6, 6.07) is 0. The predicted molar refractivity (Wildman–Crippen MR) is 66.2 cm³/mol. The second kappa shape index (κ2) is 11.0. The Morgan fingerprint density at radius 3 is 2.00 bits per heavy atom. The molecule has 0 aromatic carbocycles. The van der Waals surface area contributed by atoms with Crippen LogP contribution in [0.3, 0.4) is 0 Å². The number of carbonyl (C=O) groups excluding carboxylic acids is 2. The van der Waals surface area contributed by atoms with Gasteiger partial charge in [-0.3, -0.25) is 14.5 Å². The van der Waals surface area contributed by atoms with Crippen molar-refractivity contribution in [2.24, 2.45) is 0 Å². The van der Waals surface area contributed by atoms with E-state index < -0.39 is 0 Å². The highest BCUT2D eigenvalue weighted by molar-refractivity contribution is 5.74. The van der Waals surface area contributed by atoms with Gasteiger partial charge in [-0.1, -0.05) is 13.3 Å². The van der Waals surface area contributed by atoms with E-state index in [1.165, 1.54) is 14.2 Å². The lowest BCUT2D eigenvalue weighted by molar-refractivity contribution is -0.145. The van der Waals surface area contributed by atoms with Crippen LogP contribution in [0.25, 0.3) is 0 Å². The number of rotatable bonds is 10. The normalized spacial score (nSPS) is 10.4. The Balaban J connectivity index is 3.96. The van der Waals surface area contributed by atoms with Crippen LogP contribution in [0.2, 0.25) is 0 Å². The Bertz CT molecular complexity index is 227. The van der Waals surface area contributed by atoms with Gasteiger partial charge >= 0.3 is 11.9 Å². The van der Waals surface area contributed by atoms with Gasteiger partial charge in [-0.2, -0.15) is 0 Å². The van der Waals surface area contributed by atoms with Gasteiger partial charge in [-0.05, 0) is 6.42 Å². The molecule has 0 atom stereocenters. The summed E-state index contributed by atoms with van der Waals surface area (Å²) in [6.45, 7) is 3.87. The number of hydrogen-bond acceptors (Lipinski definition) is 6. The van der Waals surface area contributed by atoms with Gasteiger partial charge in [-0.25, -0.2) is 0 Å². The first-order valence-corrected chi connectivity index (χ1v) is 6.07.